The molecule has 1 N–H and O–H groups in total. The second kappa shape index (κ2) is 15.8. The molecule has 1 unspecified atom stereocenters. The van der Waals surface area contributed by atoms with Crippen molar-refractivity contribution in [2.24, 2.45) is 0 Å². The van der Waals surface area contributed by atoms with Crippen LogP contribution in [0.5, 0.6) is 11.5 Å². The number of para-hydroxylation sites is 2. The first-order valence-corrected chi connectivity index (χ1v) is 14.0. The number of nitro benzene ring substituents is 1. The van der Waals surface area contributed by atoms with Gasteiger partial charge in [-0.25, -0.2) is 4.79 Å². The Morgan fingerprint density at radius 3 is 2.34 bits per heavy atom. The van der Waals surface area contributed by atoms with Crippen LogP contribution in [0.1, 0.15) is 38.7 Å². The first-order chi connectivity index (χ1) is 19.8. The lowest BCUT2D eigenvalue weighted by atomic mass is 9.86. The molecule has 2 heterocycles. The van der Waals surface area contributed by atoms with Crippen LogP contribution < -0.4 is 14.8 Å². The molecule has 1 fully saturated rings. The molecule has 2 aromatic rings. The average molecular weight is 567 g/mol. The van der Waals surface area contributed by atoms with Crippen LogP contribution in [0, 0.1) is 10.1 Å². The minimum Gasteiger partial charge on any atom is -0.493 e. The summed E-state index contributed by atoms with van der Waals surface area (Å²) in [7, 11) is 2.99. The van der Waals surface area contributed by atoms with Crippen LogP contribution in [-0.4, -0.2) is 80.8 Å². The molecule has 1 saturated heterocycles. The standard InChI is InChI=1S/C16H26N2O2.C15H16N2O4/c1-3-17-10-12-18(13-11-17)9-6-14-20-16-8-5-4-7-15(16)19-2;1-9-7-13(14(10(2)16-9)15(18)21-3)11-5-4-6-12(8-11)17(19)20/h4-5,7-8H,3,6,9-14H2,1-2H3;4-8,13,16H,1-3H3. The van der Waals surface area contributed by atoms with Gasteiger partial charge in [0.2, 0.25) is 0 Å². The van der Waals surface area contributed by atoms with Crippen molar-refractivity contribution in [3.8, 4) is 11.5 Å². The fourth-order valence-corrected chi connectivity index (χ4v) is 4.99. The summed E-state index contributed by atoms with van der Waals surface area (Å²) in [6, 6.07) is 14.1. The Bertz CT molecular complexity index is 1240. The molecule has 0 amide bonds. The van der Waals surface area contributed by atoms with Gasteiger partial charge in [0.1, 0.15) is 0 Å². The summed E-state index contributed by atoms with van der Waals surface area (Å²) in [4.78, 5) is 27.5. The predicted molar refractivity (Wildman–Crippen MR) is 159 cm³/mol. The Morgan fingerprint density at radius 2 is 1.71 bits per heavy atom. The van der Waals surface area contributed by atoms with Crippen molar-refractivity contribution < 1.29 is 23.9 Å². The van der Waals surface area contributed by atoms with E-state index in [-0.39, 0.29) is 11.6 Å². The van der Waals surface area contributed by atoms with Crippen LogP contribution in [0.25, 0.3) is 0 Å². The van der Waals surface area contributed by atoms with Crippen LogP contribution in [-0.2, 0) is 9.53 Å². The minimum atomic E-state index is -0.449. The number of nitrogens with one attached hydrogen (secondary N) is 1. The highest BCUT2D eigenvalue weighted by Gasteiger charge is 2.28. The maximum atomic E-state index is 12.0. The van der Waals surface area contributed by atoms with E-state index in [9.17, 15) is 14.9 Å². The SMILES string of the molecule is CCN1CCN(CCCOc2ccccc2OC)CC1.COC(=O)C1=C(C)NC(C)=CC1c1cccc([N+](=O)[O-])c1. The number of esters is 1. The number of allylic oxidation sites excluding steroid dienone is 3. The molecule has 222 valence electrons. The fourth-order valence-electron chi connectivity index (χ4n) is 4.99. The number of hydrogen-bond donors (Lipinski definition) is 1. The predicted octanol–water partition coefficient (Wildman–Crippen LogP) is 4.73. The van der Waals surface area contributed by atoms with Crippen LogP contribution in [0.15, 0.2) is 71.6 Å². The fraction of sp³-hybridized carbons (Fsp3) is 0.452. The number of piperazine rings is 1. The Morgan fingerprint density at radius 1 is 1.02 bits per heavy atom. The lowest BCUT2D eigenvalue weighted by molar-refractivity contribution is -0.384. The van der Waals surface area contributed by atoms with Gasteiger partial charge in [-0.05, 0) is 44.5 Å². The summed E-state index contributed by atoms with van der Waals surface area (Å²) < 4.78 is 15.9. The number of nitrogens with zero attached hydrogens (tertiary/aromatic N) is 3. The molecule has 2 aliphatic heterocycles. The summed E-state index contributed by atoms with van der Waals surface area (Å²) in [6.07, 6.45) is 2.92. The highest BCUT2D eigenvalue weighted by molar-refractivity contribution is 5.92. The Labute approximate surface area is 242 Å². The van der Waals surface area contributed by atoms with E-state index in [1.54, 1.807) is 26.2 Å². The molecular formula is C31H42N4O6. The van der Waals surface area contributed by atoms with Gasteiger partial charge in [0.25, 0.3) is 5.69 Å². The zero-order chi connectivity index (χ0) is 29.8. The zero-order valence-electron chi connectivity index (χ0n) is 24.7. The molecule has 0 bridgehead atoms. The smallest absolute Gasteiger partial charge is 0.336 e. The van der Waals surface area contributed by atoms with Crippen LogP contribution in [0.4, 0.5) is 5.69 Å². The van der Waals surface area contributed by atoms with Crippen LogP contribution in [0.3, 0.4) is 0 Å². The molecule has 0 saturated carbocycles. The molecule has 4 rings (SSSR count). The van der Waals surface area contributed by atoms with E-state index in [1.807, 2.05) is 37.3 Å². The number of dihydropyridines is 1. The summed E-state index contributed by atoms with van der Waals surface area (Å²) in [6.45, 7) is 13.7. The summed E-state index contributed by atoms with van der Waals surface area (Å²) in [5, 5.41) is 14.0. The number of likely N-dealkylation sites (N-methyl/N-ethyl adjacent to an activating group) is 1. The molecule has 10 heteroatoms. The third-order valence-electron chi connectivity index (χ3n) is 7.22. The number of carbonyl (C=O) groups excluding carboxylic acids is 1. The summed E-state index contributed by atoms with van der Waals surface area (Å²) in [5.41, 5.74) is 2.72. The zero-order valence-corrected chi connectivity index (χ0v) is 24.7. The number of methoxy groups -OCH3 is 2. The first kappa shape index (κ1) is 31.6. The summed E-state index contributed by atoms with van der Waals surface area (Å²) in [5.74, 6) is 0.841. The van der Waals surface area contributed by atoms with Gasteiger partial charge in [-0.3, -0.25) is 10.1 Å². The van der Waals surface area contributed by atoms with E-state index in [0.717, 1.165) is 36.8 Å². The Hall–Kier alpha value is -3.89. The van der Waals surface area contributed by atoms with E-state index in [2.05, 4.69) is 22.0 Å². The highest BCUT2D eigenvalue weighted by Crippen LogP contribution is 2.34. The molecule has 0 aliphatic carbocycles. The van der Waals surface area contributed by atoms with Gasteiger partial charge in [-0.2, -0.15) is 0 Å². The van der Waals surface area contributed by atoms with Crippen molar-refractivity contribution in [1.82, 2.24) is 15.1 Å². The summed E-state index contributed by atoms with van der Waals surface area (Å²) >= 11 is 0. The lowest BCUT2D eigenvalue weighted by Crippen LogP contribution is -2.46. The molecule has 2 aliphatic rings. The Balaban J connectivity index is 0.000000226. The molecule has 1 atom stereocenters. The van der Waals surface area contributed by atoms with Gasteiger partial charge >= 0.3 is 5.97 Å². The maximum Gasteiger partial charge on any atom is 0.336 e. The highest BCUT2D eigenvalue weighted by atomic mass is 16.6. The topological polar surface area (TPSA) is 106 Å². The van der Waals surface area contributed by atoms with Gasteiger partial charge in [-0.15, -0.1) is 0 Å². The molecule has 0 aromatic heterocycles. The first-order valence-electron chi connectivity index (χ1n) is 14.0. The normalized spacial score (nSPS) is 17.5. The van der Waals surface area contributed by atoms with Gasteiger partial charge in [-0.1, -0.05) is 37.3 Å². The molecule has 41 heavy (non-hydrogen) atoms. The van der Waals surface area contributed by atoms with Gasteiger partial charge in [0.05, 0.1) is 31.3 Å². The van der Waals surface area contributed by atoms with E-state index < -0.39 is 10.9 Å². The number of rotatable bonds is 10. The molecule has 2 aromatic carbocycles. The Kier molecular flexibility index (Phi) is 12.2. The third-order valence-corrected chi connectivity index (χ3v) is 7.22. The van der Waals surface area contributed by atoms with Gasteiger partial charge in [0.15, 0.2) is 11.5 Å². The van der Waals surface area contributed by atoms with E-state index >= 15 is 0 Å². The van der Waals surface area contributed by atoms with Crippen molar-refractivity contribution in [3.63, 3.8) is 0 Å². The van der Waals surface area contributed by atoms with Crippen LogP contribution >= 0.6 is 0 Å². The number of benzene rings is 2. The van der Waals surface area contributed by atoms with Gasteiger partial charge in [0, 0.05) is 62.2 Å². The number of ether oxygens (including phenoxy) is 3. The maximum absolute atomic E-state index is 12.0. The number of non-ortho nitro benzene ring substituents is 1. The van der Waals surface area contributed by atoms with Gasteiger partial charge < -0.3 is 29.3 Å². The average Bonchev–Trinajstić information content (AvgIpc) is 2.99. The van der Waals surface area contributed by atoms with E-state index in [1.165, 1.54) is 52.0 Å². The number of nitro groups is 1. The van der Waals surface area contributed by atoms with E-state index in [0.29, 0.717) is 16.8 Å². The van der Waals surface area contributed by atoms with Crippen molar-refractivity contribution >= 4 is 11.7 Å². The minimum absolute atomic E-state index is 0.000968. The van der Waals surface area contributed by atoms with Crippen molar-refractivity contribution in [2.45, 2.75) is 33.1 Å². The van der Waals surface area contributed by atoms with E-state index in [4.69, 9.17) is 14.2 Å². The monoisotopic (exact) mass is 566 g/mol. The molecule has 0 spiro atoms. The number of hydrogen-bond acceptors (Lipinski definition) is 9. The van der Waals surface area contributed by atoms with Crippen LogP contribution in [0.2, 0.25) is 0 Å². The molecule has 10 nitrogen and oxygen atoms in total. The second-order valence-corrected chi connectivity index (χ2v) is 9.96. The number of carbonyl (C=O) groups is 1. The van der Waals surface area contributed by atoms with Crippen molar-refractivity contribution in [3.05, 3.63) is 87.3 Å². The van der Waals surface area contributed by atoms with Crippen molar-refractivity contribution in [1.29, 1.82) is 0 Å². The molecular weight excluding hydrogens is 524 g/mol. The largest absolute Gasteiger partial charge is 0.493 e. The third kappa shape index (κ3) is 9.06. The molecule has 0 radical (unpaired) electrons. The quantitative estimate of drug-likeness (QED) is 0.189. The van der Waals surface area contributed by atoms with Crippen molar-refractivity contribution in [2.75, 3.05) is 60.1 Å². The lowest BCUT2D eigenvalue weighted by Gasteiger charge is -2.33. The second-order valence-electron chi connectivity index (χ2n) is 9.96.